The minimum Gasteiger partial charge on any atom is -0.460 e. The van der Waals surface area contributed by atoms with Crippen LogP contribution in [-0.2, 0) is 28.0 Å². The zero-order chi connectivity index (χ0) is 23.1. The van der Waals surface area contributed by atoms with E-state index in [0.717, 1.165) is 16.7 Å². The first kappa shape index (κ1) is 22.1. The highest BCUT2D eigenvalue weighted by Crippen LogP contribution is 2.44. The van der Waals surface area contributed by atoms with Crippen LogP contribution in [0.1, 0.15) is 61.6 Å². The molecule has 0 bridgehead atoms. The third-order valence-corrected chi connectivity index (χ3v) is 6.36. The molecule has 0 radical (unpaired) electrons. The zero-order valence-corrected chi connectivity index (χ0v) is 18.9. The van der Waals surface area contributed by atoms with Crippen molar-refractivity contribution in [3.8, 4) is 0 Å². The van der Waals surface area contributed by atoms with Crippen LogP contribution in [-0.4, -0.2) is 26.9 Å². The van der Waals surface area contributed by atoms with Crippen molar-refractivity contribution in [2.75, 3.05) is 0 Å². The minimum absolute atomic E-state index is 0.0265. The SMILES string of the molecule is CC(C)(C)c1ccc([C@@H]2c3c([nH][nH]c3=O)C[C@@](C)(O)[C@H]2C(=O)OCc2ccccc2)cc1. The Morgan fingerprint density at radius 3 is 2.38 bits per heavy atom. The number of hydrogen-bond donors (Lipinski definition) is 3. The third-order valence-electron chi connectivity index (χ3n) is 6.36. The number of aromatic amines is 2. The van der Waals surface area contributed by atoms with E-state index < -0.39 is 23.4 Å². The van der Waals surface area contributed by atoms with Crippen LogP contribution in [0.2, 0.25) is 0 Å². The molecule has 4 rings (SSSR count). The monoisotopic (exact) mass is 434 g/mol. The molecule has 2 aromatic carbocycles. The van der Waals surface area contributed by atoms with Crippen molar-refractivity contribution in [2.24, 2.45) is 5.92 Å². The summed E-state index contributed by atoms with van der Waals surface area (Å²) in [5, 5.41) is 16.8. The molecular weight excluding hydrogens is 404 g/mol. The summed E-state index contributed by atoms with van der Waals surface area (Å²) in [6, 6.07) is 17.3. The summed E-state index contributed by atoms with van der Waals surface area (Å²) in [5.74, 6) is -2.06. The molecule has 0 saturated carbocycles. The predicted octanol–water partition coefficient (Wildman–Crippen LogP) is 3.80. The maximum Gasteiger partial charge on any atom is 0.313 e. The van der Waals surface area contributed by atoms with Gasteiger partial charge < -0.3 is 14.9 Å². The molecule has 6 heteroatoms. The Balaban J connectivity index is 1.74. The molecule has 0 spiro atoms. The highest BCUT2D eigenvalue weighted by molar-refractivity contribution is 5.77. The molecule has 1 heterocycles. The number of H-pyrrole nitrogens is 2. The van der Waals surface area contributed by atoms with E-state index in [2.05, 4.69) is 31.0 Å². The summed E-state index contributed by atoms with van der Waals surface area (Å²) in [4.78, 5) is 26.0. The Kier molecular flexibility index (Phi) is 5.59. The van der Waals surface area contributed by atoms with Crippen LogP contribution < -0.4 is 5.56 Å². The van der Waals surface area contributed by atoms with Crippen molar-refractivity contribution in [1.82, 2.24) is 10.2 Å². The van der Waals surface area contributed by atoms with Gasteiger partial charge in [0.25, 0.3) is 5.56 Å². The minimum atomic E-state index is -1.39. The second-order valence-electron chi connectivity index (χ2n) is 9.93. The van der Waals surface area contributed by atoms with Gasteiger partial charge >= 0.3 is 5.97 Å². The van der Waals surface area contributed by atoms with Gasteiger partial charge in [-0.25, -0.2) is 0 Å². The number of aliphatic hydroxyl groups is 1. The first-order valence-corrected chi connectivity index (χ1v) is 10.9. The smallest absolute Gasteiger partial charge is 0.313 e. The fourth-order valence-corrected chi connectivity index (χ4v) is 4.62. The quantitative estimate of drug-likeness (QED) is 0.545. The van der Waals surface area contributed by atoms with Gasteiger partial charge in [0.1, 0.15) is 6.61 Å². The Hall–Kier alpha value is -3.12. The van der Waals surface area contributed by atoms with Crippen LogP contribution in [0.5, 0.6) is 0 Å². The van der Waals surface area contributed by atoms with E-state index >= 15 is 0 Å². The third kappa shape index (κ3) is 4.15. The van der Waals surface area contributed by atoms with Crippen molar-refractivity contribution in [3.63, 3.8) is 0 Å². The van der Waals surface area contributed by atoms with Crippen LogP contribution in [0.3, 0.4) is 0 Å². The number of carbonyl (C=O) groups is 1. The molecule has 0 amide bonds. The number of benzene rings is 2. The molecule has 6 nitrogen and oxygen atoms in total. The fourth-order valence-electron chi connectivity index (χ4n) is 4.62. The number of aromatic nitrogens is 2. The maximum atomic E-state index is 13.3. The molecule has 0 aliphatic heterocycles. The topological polar surface area (TPSA) is 95.2 Å². The average Bonchev–Trinajstić information content (AvgIpc) is 3.10. The van der Waals surface area contributed by atoms with E-state index in [0.29, 0.717) is 11.3 Å². The highest BCUT2D eigenvalue weighted by atomic mass is 16.5. The van der Waals surface area contributed by atoms with Gasteiger partial charge in [-0.2, -0.15) is 0 Å². The van der Waals surface area contributed by atoms with Gasteiger partial charge in [-0.15, -0.1) is 0 Å². The van der Waals surface area contributed by atoms with Crippen LogP contribution in [0.4, 0.5) is 0 Å². The number of nitrogens with one attached hydrogen (secondary N) is 2. The first-order valence-electron chi connectivity index (χ1n) is 10.9. The van der Waals surface area contributed by atoms with Crippen molar-refractivity contribution in [1.29, 1.82) is 0 Å². The van der Waals surface area contributed by atoms with Crippen molar-refractivity contribution in [2.45, 2.75) is 57.7 Å². The van der Waals surface area contributed by atoms with Crippen molar-refractivity contribution in [3.05, 3.63) is 92.9 Å². The van der Waals surface area contributed by atoms with Gasteiger partial charge in [0.2, 0.25) is 0 Å². The molecule has 1 aliphatic carbocycles. The average molecular weight is 435 g/mol. The Morgan fingerprint density at radius 1 is 1.09 bits per heavy atom. The number of rotatable bonds is 4. The standard InChI is InChI=1S/C26H30N2O4/c1-25(2,3)18-12-10-17(11-13-18)20-21-19(27-28-23(21)29)14-26(4,31)22(20)24(30)32-15-16-8-6-5-7-9-16/h5-13,20,22,31H,14-15H2,1-4H3,(H2,27,28,29)/t20-,22-,26-/m1/s1. The number of carbonyl (C=O) groups excluding carboxylic acids is 1. The highest BCUT2D eigenvalue weighted by Gasteiger charge is 2.51. The lowest BCUT2D eigenvalue weighted by Gasteiger charge is -2.40. The summed E-state index contributed by atoms with van der Waals surface area (Å²) >= 11 is 0. The van der Waals surface area contributed by atoms with E-state index in [9.17, 15) is 14.7 Å². The normalized spacial score (nSPS) is 22.9. The summed E-state index contributed by atoms with van der Waals surface area (Å²) in [7, 11) is 0. The molecule has 3 aromatic rings. The summed E-state index contributed by atoms with van der Waals surface area (Å²) in [6.07, 6.45) is 0.156. The van der Waals surface area contributed by atoms with Gasteiger partial charge in [-0.3, -0.25) is 14.7 Å². The van der Waals surface area contributed by atoms with Crippen LogP contribution in [0, 0.1) is 5.92 Å². The van der Waals surface area contributed by atoms with Gasteiger partial charge in [0, 0.05) is 23.6 Å². The fraction of sp³-hybridized carbons (Fsp3) is 0.385. The molecule has 168 valence electrons. The second-order valence-corrected chi connectivity index (χ2v) is 9.93. The molecular formula is C26H30N2O4. The van der Waals surface area contributed by atoms with E-state index in [1.807, 2.05) is 54.6 Å². The van der Waals surface area contributed by atoms with Crippen LogP contribution >= 0.6 is 0 Å². The number of fused-ring (bicyclic) bond motifs is 1. The van der Waals surface area contributed by atoms with Gasteiger partial charge in [-0.05, 0) is 29.0 Å². The molecule has 1 aromatic heterocycles. The maximum absolute atomic E-state index is 13.3. The van der Waals surface area contributed by atoms with Gasteiger partial charge in [0.15, 0.2) is 0 Å². The lowest BCUT2D eigenvalue weighted by atomic mass is 9.66. The second kappa shape index (κ2) is 8.10. The summed E-state index contributed by atoms with van der Waals surface area (Å²) < 4.78 is 5.64. The zero-order valence-electron chi connectivity index (χ0n) is 18.9. The number of ether oxygens (including phenoxy) is 1. The van der Waals surface area contributed by atoms with Crippen LogP contribution in [0.15, 0.2) is 59.4 Å². The van der Waals surface area contributed by atoms with Gasteiger partial charge in [0.05, 0.1) is 11.5 Å². The summed E-state index contributed by atoms with van der Waals surface area (Å²) in [6.45, 7) is 8.13. The van der Waals surface area contributed by atoms with Crippen molar-refractivity contribution < 1.29 is 14.6 Å². The molecule has 3 atom stereocenters. The van der Waals surface area contributed by atoms with E-state index in [4.69, 9.17) is 4.74 Å². The Labute approximate surface area is 187 Å². The van der Waals surface area contributed by atoms with E-state index in [-0.39, 0.29) is 24.0 Å². The largest absolute Gasteiger partial charge is 0.460 e. The molecule has 0 unspecified atom stereocenters. The number of hydrogen-bond acceptors (Lipinski definition) is 4. The predicted molar refractivity (Wildman–Crippen MR) is 122 cm³/mol. The molecule has 3 N–H and O–H groups in total. The van der Waals surface area contributed by atoms with Gasteiger partial charge in [-0.1, -0.05) is 75.4 Å². The first-order chi connectivity index (χ1) is 15.1. The van der Waals surface area contributed by atoms with Crippen molar-refractivity contribution >= 4 is 5.97 Å². The summed E-state index contributed by atoms with van der Waals surface area (Å²) in [5.41, 5.74) is 2.23. The molecule has 0 saturated heterocycles. The number of esters is 1. The van der Waals surface area contributed by atoms with E-state index in [1.165, 1.54) is 0 Å². The van der Waals surface area contributed by atoms with E-state index in [1.54, 1.807) is 6.92 Å². The Morgan fingerprint density at radius 2 is 1.75 bits per heavy atom. The Bertz CT molecular complexity index is 1150. The van der Waals surface area contributed by atoms with Crippen LogP contribution in [0.25, 0.3) is 0 Å². The molecule has 32 heavy (non-hydrogen) atoms. The lowest BCUT2D eigenvalue weighted by Crippen LogP contribution is -2.50. The lowest BCUT2D eigenvalue weighted by molar-refractivity contribution is -0.161. The molecule has 1 aliphatic rings. The molecule has 0 fully saturated rings.